The van der Waals surface area contributed by atoms with Crippen molar-refractivity contribution >= 4 is 11.7 Å². The summed E-state index contributed by atoms with van der Waals surface area (Å²) in [6, 6.07) is 13.7. The van der Waals surface area contributed by atoms with Crippen LogP contribution in [0, 0.1) is 5.92 Å². The number of hydrogen-bond donors (Lipinski definition) is 1. The minimum Gasteiger partial charge on any atom is -0.493 e. The molecule has 132 valence electrons. The third kappa shape index (κ3) is 4.72. The maximum atomic E-state index is 11.8. The maximum Gasteiger partial charge on any atom is 0.252 e. The normalized spacial score (nSPS) is 17.2. The van der Waals surface area contributed by atoms with Crippen molar-refractivity contribution in [3.05, 3.63) is 54.2 Å². The zero-order chi connectivity index (χ0) is 17.5. The van der Waals surface area contributed by atoms with E-state index in [0.717, 1.165) is 37.7 Å². The van der Waals surface area contributed by atoms with E-state index in [1.54, 1.807) is 6.20 Å². The molecule has 1 aromatic heterocycles. The van der Waals surface area contributed by atoms with Crippen LogP contribution in [-0.2, 0) is 0 Å². The largest absolute Gasteiger partial charge is 0.493 e. The predicted octanol–water partition coefficient (Wildman–Crippen LogP) is 3.13. The number of rotatable bonds is 6. The molecule has 1 amide bonds. The van der Waals surface area contributed by atoms with Crippen LogP contribution < -0.4 is 15.0 Å². The summed E-state index contributed by atoms with van der Waals surface area (Å²) in [6.45, 7) is 5.17. The Balaban J connectivity index is 1.56. The highest BCUT2D eigenvalue weighted by Gasteiger charge is 2.21. The van der Waals surface area contributed by atoms with Gasteiger partial charge in [-0.2, -0.15) is 0 Å². The molecular weight excluding hydrogens is 314 g/mol. The fraction of sp³-hybridized carbons (Fsp3) is 0.400. The van der Waals surface area contributed by atoms with Crippen molar-refractivity contribution in [2.24, 2.45) is 5.92 Å². The number of anilines is 1. The Labute approximate surface area is 149 Å². The van der Waals surface area contributed by atoms with Crippen molar-refractivity contribution in [3.63, 3.8) is 0 Å². The van der Waals surface area contributed by atoms with Crippen LogP contribution in [0.5, 0.6) is 5.75 Å². The Morgan fingerprint density at radius 1 is 1.28 bits per heavy atom. The molecular formula is C20H25N3O2. The van der Waals surface area contributed by atoms with Crippen molar-refractivity contribution in [1.82, 2.24) is 10.3 Å². The molecule has 1 unspecified atom stereocenters. The Hall–Kier alpha value is -2.56. The second kappa shape index (κ2) is 8.51. The molecule has 0 bridgehead atoms. The van der Waals surface area contributed by atoms with Crippen molar-refractivity contribution in [2.45, 2.75) is 19.8 Å². The highest BCUT2D eigenvalue weighted by molar-refractivity contribution is 5.93. The molecule has 3 rings (SSSR count). The molecule has 0 spiro atoms. The van der Waals surface area contributed by atoms with Crippen LogP contribution in [-0.4, -0.2) is 37.1 Å². The van der Waals surface area contributed by atoms with Crippen LogP contribution in [0.25, 0.3) is 0 Å². The summed E-state index contributed by atoms with van der Waals surface area (Å²) in [7, 11) is 0. The van der Waals surface area contributed by atoms with Gasteiger partial charge in [0.2, 0.25) is 0 Å². The predicted molar refractivity (Wildman–Crippen MR) is 99.1 cm³/mol. The summed E-state index contributed by atoms with van der Waals surface area (Å²) in [5.41, 5.74) is 0.603. The average molecular weight is 339 g/mol. The van der Waals surface area contributed by atoms with Gasteiger partial charge in [-0.25, -0.2) is 4.98 Å². The Morgan fingerprint density at radius 3 is 2.84 bits per heavy atom. The minimum atomic E-state index is -0.0747. The number of ether oxygens (including phenoxy) is 1. The van der Waals surface area contributed by atoms with Gasteiger partial charge in [0.05, 0.1) is 12.2 Å². The number of piperidine rings is 1. The van der Waals surface area contributed by atoms with Crippen molar-refractivity contribution in [1.29, 1.82) is 0 Å². The molecule has 0 aliphatic carbocycles. The highest BCUT2D eigenvalue weighted by Crippen LogP contribution is 2.23. The monoisotopic (exact) mass is 339 g/mol. The SMILES string of the molecule is CCNC(=O)c1ccc(N2CCCC(COc3ccccc3)C2)nc1. The number of para-hydroxylation sites is 1. The van der Waals surface area contributed by atoms with E-state index in [0.29, 0.717) is 18.0 Å². The van der Waals surface area contributed by atoms with Crippen LogP contribution >= 0.6 is 0 Å². The molecule has 5 nitrogen and oxygen atoms in total. The van der Waals surface area contributed by atoms with Crippen molar-refractivity contribution in [2.75, 3.05) is 31.1 Å². The van der Waals surface area contributed by atoms with E-state index in [1.807, 2.05) is 49.4 Å². The lowest BCUT2D eigenvalue weighted by Crippen LogP contribution is -2.38. The van der Waals surface area contributed by atoms with Gasteiger partial charge in [-0.1, -0.05) is 18.2 Å². The number of hydrogen-bond acceptors (Lipinski definition) is 4. The number of benzene rings is 1. The first-order valence-electron chi connectivity index (χ1n) is 8.93. The van der Waals surface area contributed by atoms with Gasteiger partial charge in [-0.15, -0.1) is 0 Å². The zero-order valence-corrected chi connectivity index (χ0v) is 14.6. The van der Waals surface area contributed by atoms with E-state index in [4.69, 9.17) is 4.74 Å². The number of nitrogens with one attached hydrogen (secondary N) is 1. The molecule has 0 saturated carbocycles. The maximum absolute atomic E-state index is 11.8. The fourth-order valence-corrected chi connectivity index (χ4v) is 3.11. The second-order valence-electron chi connectivity index (χ2n) is 6.34. The van der Waals surface area contributed by atoms with E-state index >= 15 is 0 Å². The molecule has 1 saturated heterocycles. The van der Waals surface area contributed by atoms with Gasteiger partial charge in [0.25, 0.3) is 5.91 Å². The summed E-state index contributed by atoms with van der Waals surface area (Å²) >= 11 is 0. The number of carbonyl (C=O) groups is 1. The summed E-state index contributed by atoms with van der Waals surface area (Å²) in [5, 5.41) is 2.79. The zero-order valence-electron chi connectivity index (χ0n) is 14.6. The minimum absolute atomic E-state index is 0.0747. The average Bonchev–Trinajstić information content (AvgIpc) is 2.68. The van der Waals surface area contributed by atoms with Gasteiger partial charge < -0.3 is 15.0 Å². The Kier molecular flexibility index (Phi) is 5.88. The summed E-state index contributed by atoms with van der Waals surface area (Å²) in [4.78, 5) is 18.6. The quantitative estimate of drug-likeness (QED) is 0.878. The van der Waals surface area contributed by atoms with Crippen molar-refractivity contribution < 1.29 is 9.53 Å². The van der Waals surface area contributed by atoms with Gasteiger partial charge in [0.1, 0.15) is 11.6 Å². The van der Waals surface area contributed by atoms with E-state index in [9.17, 15) is 4.79 Å². The first kappa shape index (κ1) is 17.3. The first-order chi connectivity index (χ1) is 12.3. The molecule has 1 aliphatic rings. The molecule has 1 aromatic carbocycles. The highest BCUT2D eigenvalue weighted by atomic mass is 16.5. The third-order valence-electron chi connectivity index (χ3n) is 4.42. The number of nitrogens with zero attached hydrogens (tertiary/aromatic N) is 2. The second-order valence-corrected chi connectivity index (χ2v) is 6.34. The Morgan fingerprint density at radius 2 is 2.12 bits per heavy atom. The Bertz CT molecular complexity index is 673. The van der Waals surface area contributed by atoms with Gasteiger partial charge in [0, 0.05) is 31.7 Å². The van der Waals surface area contributed by atoms with Gasteiger partial charge >= 0.3 is 0 Å². The van der Waals surface area contributed by atoms with Crippen LogP contribution in [0.2, 0.25) is 0 Å². The van der Waals surface area contributed by atoms with E-state index in [2.05, 4.69) is 15.2 Å². The molecule has 1 fully saturated rings. The van der Waals surface area contributed by atoms with Gasteiger partial charge in [-0.3, -0.25) is 4.79 Å². The lowest BCUT2D eigenvalue weighted by Gasteiger charge is -2.33. The standard InChI is InChI=1S/C20H25N3O2/c1-2-21-20(24)17-10-11-19(22-13-17)23-12-6-7-16(14-23)15-25-18-8-4-3-5-9-18/h3-5,8-11,13,16H,2,6-7,12,14-15H2,1H3,(H,21,24). The molecule has 25 heavy (non-hydrogen) atoms. The number of aromatic nitrogens is 1. The van der Waals surface area contributed by atoms with E-state index in [1.165, 1.54) is 6.42 Å². The van der Waals surface area contributed by atoms with E-state index < -0.39 is 0 Å². The molecule has 2 aromatic rings. The number of carbonyl (C=O) groups excluding carboxylic acids is 1. The number of pyridine rings is 1. The van der Waals surface area contributed by atoms with Crippen LogP contribution in [0.3, 0.4) is 0 Å². The number of amides is 1. The molecule has 1 aliphatic heterocycles. The molecule has 1 atom stereocenters. The summed E-state index contributed by atoms with van der Waals surface area (Å²) in [5.74, 6) is 2.26. The first-order valence-corrected chi connectivity index (χ1v) is 8.93. The van der Waals surface area contributed by atoms with Crippen LogP contribution in [0.15, 0.2) is 48.7 Å². The smallest absolute Gasteiger partial charge is 0.252 e. The molecule has 1 N–H and O–H groups in total. The molecule has 5 heteroatoms. The van der Waals surface area contributed by atoms with Crippen molar-refractivity contribution in [3.8, 4) is 5.75 Å². The molecule has 2 heterocycles. The lowest BCUT2D eigenvalue weighted by atomic mass is 9.99. The summed E-state index contributed by atoms with van der Waals surface area (Å²) < 4.78 is 5.91. The molecule has 0 radical (unpaired) electrons. The van der Waals surface area contributed by atoms with E-state index in [-0.39, 0.29) is 5.91 Å². The van der Waals surface area contributed by atoms with Crippen LogP contribution in [0.4, 0.5) is 5.82 Å². The summed E-state index contributed by atoms with van der Waals surface area (Å²) in [6.07, 6.45) is 3.95. The lowest BCUT2D eigenvalue weighted by molar-refractivity contribution is 0.0955. The third-order valence-corrected chi connectivity index (χ3v) is 4.42. The fourth-order valence-electron chi connectivity index (χ4n) is 3.11. The van der Waals surface area contributed by atoms with Gasteiger partial charge in [-0.05, 0) is 44.0 Å². The van der Waals surface area contributed by atoms with Crippen LogP contribution in [0.1, 0.15) is 30.1 Å². The van der Waals surface area contributed by atoms with Gasteiger partial charge in [0.15, 0.2) is 0 Å². The topological polar surface area (TPSA) is 54.5 Å².